The van der Waals surface area contributed by atoms with E-state index in [-0.39, 0.29) is 5.66 Å². The maximum Gasteiger partial charge on any atom is 0.123 e. The van der Waals surface area contributed by atoms with Crippen molar-refractivity contribution in [1.82, 2.24) is 5.32 Å². The molecule has 1 aliphatic heterocycles. The van der Waals surface area contributed by atoms with Crippen LogP contribution in [0.2, 0.25) is 0 Å². The molecule has 2 nitrogen and oxygen atoms in total. The van der Waals surface area contributed by atoms with Gasteiger partial charge in [-0.05, 0) is 26.1 Å². The summed E-state index contributed by atoms with van der Waals surface area (Å²) in [6.45, 7) is 4.04. The van der Waals surface area contributed by atoms with Crippen molar-refractivity contribution in [2.45, 2.75) is 19.5 Å². The molecule has 0 aliphatic carbocycles. The number of nitrogens with one attached hydrogen (secondary N) is 1. The van der Waals surface area contributed by atoms with E-state index in [4.69, 9.17) is 0 Å². The Morgan fingerprint density at radius 1 is 1.50 bits per heavy atom. The molecule has 2 heteroatoms. The zero-order chi connectivity index (χ0) is 6.04. The van der Waals surface area contributed by atoms with Gasteiger partial charge in [-0.25, -0.2) is 0 Å². The van der Waals surface area contributed by atoms with Gasteiger partial charge in [0.2, 0.25) is 0 Å². The first kappa shape index (κ1) is 5.35. The summed E-state index contributed by atoms with van der Waals surface area (Å²) >= 11 is 0. The standard InChI is InChI=1S/C6H10N2/c1-6(2)7-4-3-5-8-6/h3-5,7H,1-2H3. The van der Waals surface area contributed by atoms with Crippen LogP contribution >= 0.6 is 0 Å². The van der Waals surface area contributed by atoms with Crippen LogP contribution < -0.4 is 5.32 Å². The maximum absolute atomic E-state index is 4.14. The first-order valence-electron chi connectivity index (χ1n) is 2.69. The van der Waals surface area contributed by atoms with Crippen molar-refractivity contribution in [3.8, 4) is 0 Å². The molecule has 1 N–H and O–H groups in total. The third-order valence-electron chi connectivity index (χ3n) is 1.02. The lowest BCUT2D eigenvalue weighted by Crippen LogP contribution is -2.34. The summed E-state index contributed by atoms with van der Waals surface area (Å²) in [5.41, 5.74) is -0.0885. The van der Waals surface area contributed by atoms with Crippen molar-refractivity contribution >= 4 is 6.21 Å². The highest BCUT2D eigenvalue weighted by atomic mass is 15.1. The van der Waals surface area contributed by atoms with Crippen LogP contribution in [0.15, 0.2) is 17.3 Å². The Kier molecular flexibility index (Phi) is 1.08. The second-order valence-corrected chi connectivity index (χ2v) is 2.34. The third-order valence-corrected chi connectivity index (χ3v) is 1.02. The quantitative estimate of drug-likeness (QED) is 0.492. The Hall–Kier alpha value is -0.790. The van der Waals surface area contributed by atoms with Gasteiger partial charge in [0.15, 0.2) is 0 Å². The van der Waals surface area contributed by atoms with Crippen LogP contribution in [0.3, 0.4) is 0 Å². The highest BCUT2D eigenvalue weighted by Gasteiger charge is 2.11. The number of aliphatic imine (C=N–C) groups is 1. The SMILES string of the molecule is CC1(C)N=CC=CN1. The molecule has 1 rings (SSSR count). The largest absolute Gasteiger partial charge is 0.368 e. The fraction of sp³-hybridized carbons (Fsp3) is 0.500. The summed E-state index contributed by atoms with van der Waals surface area (Å²) in [6, 6.07) is 0. The van der Waals surface area contributed by atoms with E-state index < -0.39 is 0 Å². The van der Waals surface area contributed by atoms with Crippen LogP contribution in [-0.4, -0.2) is 11.9 Å². The van der Waals surface area contributed by atoms with Crippen LogP contribution in [-0.2, 0) is 0 Å². The first-order valence-corrected chi connectivity index (χ1v) is 2.69. The molecule has 8 heavy (non-hydrogen) atoms. The minimum atomic E-state index is -0.0885. The van der Waals surface area contributed by atoms with Gasteiger partial charge >= 0.3 is 0 Å². The molecular weight excluding hydrogens is 100 g/mol. The Labute approximate surface area is 49.3 Å². The van der Waals surface area contributed by atoms with Crippen molar-refractivity contribution in [3.63, 3.8) is 0 Å². The molecule has 44 valence electrons. The first-order chi connectivity index (χ1) is 3.71. The highest BCUT2D eigenvalue weighted by molar-refractivity contribution is 5.72. The van der Waals surface area contributed by atoms with Crippen LogP contribution in [0, 0.1) is 0 Å². The van der Waals surface area contributed by atoms with Crippen LogP contribution in [0.5, 0.6) is 0 Å². The van der Waals surface area contributed by atoms with Gasteiger partial charge in [-0.3, -0.25) is 4.99 Å². The lowest BCUT2D eigenvalue weighted by atomic mass is 10.2. The summed E-state index contributed by atoms with van der Waals surface area (Å²) in [7, 11) is 0. The predicted octanol–water partition coefficient (Wildman–Crippen LogP) is 0.910. The fourth-order valence-corrected chi connectivity index (χ4v) is 0.562. The molecule has 0 radical (unpaired) electrons. The van der Waals surface area contributed by atoms with Gasteiger partial charge in [-0.2, -0.15) is 0 Å². The predicted molar refractivity (Wildman–Crippen MR) is 34.8 cm³/mol. The molecule has 0 aromatic carbocycles. The van der Waals surface area contributed by atoms with Gasteiger partial charge in [0.25, 0.3) is 0 Å². The lowest BCUT2D eigenvalue weighted by Gasteiger charge is -2.21. The van der Waals surface area contributed by atoms with Crippen molar-refractivity contribution < 1.29 is 0 Å². The van der Waals surface area contributed by atoms with E-state index in [9.17, 15) is 0 Å². The van der Waals surface area contributed by atoms with Gasteiger partial charge in [0, 0.05) is 6.21 Å². The highest BCUT2D eigenvalue weighted by Crippen LogP contribution is 2.04. The van der Waals surface area contributed by atoms with Gasteiger partial charge in [0.05, 0.1) is 0 Å². The average molecular weight is 110 g/mol. The van der Waals surface area contributed by atoms with Crippen LogP contribution in [0.25, 0.3) is 0 Å². The molecule has 0 saturated heterocycles. The minimum Gasteiger partial charge on any atom is -0.368 e. The van der Waals surface area contributed by atoms with E-state index in [1.807, 2.05) is 26.1 Å². The van der Waals surface area contributed by atoms with E-state index in [1.165, 1.54) is 0 Å². The van der Waals surface area contributed by atoms with E-state index >= 15 is 0 Å². The van der Waals surface area contributed by atoms with Crippen molar-refractivity contribution in [2.75, 3.05) is 0 Å². The van der Waals surface area contributed by atoms with Gasteiger partial charge in [-0.15, -0.1) is 0 Å². The van der Waals surface area contributed by atoms with Crippen LogP contribution in [0.4, 0.5) is 0 Å². The Balaban J connectivity index is 2.65. The van der Waals surface area contributed by atoms with Gasteiger partial charge in [-0.1, -0.05) is 0 Å². The maximum atomic E-state index is 4.14. The molecule has 0 atom stereocenters. The Bertz CT molecular complexity index is 133. The Morgan fingerprint density at radius 2 is 2.25 bits per heavy atom. The van der Waals surface area contributed by atoms with Crippen molar-refractivity contribution in [2.24, 2.45) is 4.99 Å². The average Bonchev–Trinajstić information content (AvgIpc) is 1.65. The van der Waals surface area contributed by atoms with Gasteiger partial charge in [0.1, 0.15) is 5.66 Å². The summed E-state index contributed by atoms with van der Waals surface area (Å²) < 4.78 is 0. The zero-order valence-corrected chi connectivity index (χ0v) is 5.18. The molecule has 0 spiro atoms. The molecular formula is C6H10N2. The third kappa shape index (κ3) is 1.09. The lowest BCUT2D eigenvalue weighted by molar-refractivity contribution is 0.465. The van der Waals surface area contributed by atoms with E-state index in [0.29, 0.717) is 0 Å². The number of nitrogens with zero attached hydrogens (tertiary/aromatic N) is 1. The molecule has 0 aromatic rings. The molecule has 1 heterocycles. The fourth-order valence-electron chi connectivity index (χ4n) is 0.562. The smallest absolute Gasteiger partial charge is 0.123 e. The van der Waals surface area contributed by atoms with Crippen molar-refractivity contribution in [3.05, 3.63) is 12.3 Å². The number of rotatable bonds is 0. The molecule has 0 unspecified atom stereocenters. The second kappa shape index (κ2) is 1.62. The van der Waals surface area contributed by atoms with E-state index in [0.717, 1.165) is 0 Å². The molecule has 0 amide bonds. The van der Waals surface area contributed by atoms with E-state index in [2.05, 4.69) is 10.3 Å². The van der Waals surface area contributed by atoms with Crippen LogP contribution in [0.1, 0.15) is 13.8 Å². The molecule has 0 fully saturated rings. The Morgan fingerprint density at radius 3 is 2.50 bits per heavy atom. The minimum absolute atomic E-state index is 0.0885. The van der Waals surface area contributed by atoms with E-state index in [1.54, 1.807) is 6.21 Å². The second-order valence-electron chi connectivity index (χ2n) is 2.34. The zero-order valence-electron chi connectivity index (χ0n) is 5.18. The van der Waals surface area contributed by atoms with Gasteiger partial charge < -0.3 is 5.32 Å². The summed E-state index contributed by atoms with van der Waals surface area (Å²) in [5, 5.41) is 3.08. The molecule has 0 aromatic heterocycles. The molecule has 0 bridgehead atoms. The number of hydrogen-bond acceptors (Lipinski definition) is 2. The topological polar surface area (TPSA) is 24.4 Å². The summed E-state index contributed by atoms with van der Waals surface area (Å²) in [4.78, 5) is 4.14. The monoisotopic (exact) mass is 110 g/mol. The number of allylic oxidation sites excluding steroid dienone is 1. The molecule has 0 saturated carbocycles. The summed E-state index contributed by atoms with van der Waals surface area (Å²) in [6.07, 6.45) is 5.58. The molecule has 1 aliphatic rings. The number of hydrogen-bond donors (Lipinski definition) is 1. The van der Waals surface area contributed by atoms with Crippen molar-refractivity contribution in [1.29, 1.82) is 0 Å². The summed E-state index contributed by atoms with van der Waals surface area (Å²) in [5.74, 6) is 0. The normalized spacial score (nSPS) is 22.8.